The number of benzene rings is 2. The molecule has 0 spiro atoms. The van der Waals surface area contributed by atoms with Crippen LogP contribution in [0, 0.1) is 6.92 Å². The SMILES string of the molecule is CNS(=O)(=O)c1ccc(-n2nc(C3CC3)cc2-c2cc(-c3ccncc3)ccc2C)cc1. The van der Waals surface area contributed by atoms with Crippen molar-refractivity contribution in [2.24, 2.45) is 0 Å². The van der Waals surface area contributed by atoms with Crippen molar-refractivity contribution >= 4 is 10.0 Å². The highest BCUT2D eigenvalue weighted by Gasteiger charge is 2.28. The predicted octanol–water partition coefficient (Wildman–Crippen LogP) is 4.70. The summed E-state index contributed by atoms with van der Waals surface area (Å²) in [4.78, 5) is 4.35. The van der Waals surface area contributed by atoms with Crippen molar-refractivity contribution in [2.45, 2.75) is 30.6 Å². The molecule has 1 aliphatic rings. The Bertz CT molecular complexity index is 1370. The first-order valence-electron chi connectivity index (χ1n) is 10.6. The molecule has 0 aliphatic heterocycles. The van der Waals surface area contributed by atoms with Crippen LogP contribution in [0.3, 0.4) is 0 Å². The third-order valence-corrected chi connectivity index (χ3v) is 7.34. The van der Waals surface area contributed by atoms with Gasteiger partial charge in [0.15, 0.2) is 0 Å². The summed E-state index contributed by atoms with van der Waals surface area (Å²) >= 11 is 0. The van der Waals surface area contributed by atoms with Gasteiger partial charge in [0.1, 0.15) is 0 Å². The molecular formula is C25H24N4O2S. The average Bonchev–Trinajstić information content (AvgIpc) is 3.59. The minimum absolute atomic E-state index is 0.232. The summed E-state index contributed by atoms with van der Waals surface area (Å²) in [5.74, 6) is 0.502. The first-order valence-corrected chi connectivity index (χ1v) is 12.1. The van der Waals surface area contributed by atoms with E-state index in [1.807, 2.05) is 16.8 Å². The molecule has 4 aromatic rings. The molecule has 2 heterocycles. The van der Waals surface area contributed by atoms with E-state index < -0.39 is 10.0 Å². The monoisotopic (exact) mass is 444 g/mol. The van der Waals surface area contributed by atoms with E-state index in [0.29, 0.717) is 5.92 Å². The second kappa shape index (κ2) is 8.00. The minimum atomic E-state index is -3.49. The summed E-state index contributed by atoms with van der Waals surface area (Å²) in [6, 6.07) is 19.5. The van der Waals surface area contributed by atoms with Gasteiger partial charge in [0, 0.05) is 23.9 Å². The Morgan fingerprint density at radius 1 is 0.938 bits per heavy atom. The van der Waals surface area contributed by atoms with Crippen molar-refractivity contribution < 1.29 is 8.42 Å². The number of rotatable bonds is 6. The van der Waals surface area contributed by atoms with E-state index in [1.54, 1.807) is 36.7 Å². The van der Waals surface area contributed by atoms with Gasteiger partial charge in [0.2, 0.25) is 10.0 Å². The lowest BCUT2D eigenvalue weighted by atomic mass is 9.98. The van der Waals surface area contributed by atoms with Crippen molar-refractivity contribution in [3.8, 4) is 28.1 Å². The molecule has 1 N–H and O–H groups in total. The molecule has 6 nitrogen and oxygen atoms in total. The minimum Gasteiger partial charge on any atom is -0.265 e. The Morgan fingerprint density at radius 2 is 1.66 bits per heavy atom. The van der Waals surface area contributed by atoms with E-state index >= 15 is 0 Å². The Hall–Kier alpha value is -3.29. The molecule has 0 radical (unpaired) electrons. The van der Waals surface area contributed by atoms with Crippen molar-refractivity contribution in [1.82, 2.24) is 19.5 Å². The van der Waals surface area contributed by atoms with Crippen LogP contribution in [0.1, 0.15) is 30.0 Å². The van der Waals surface area contributed by atoms with Gasteiger partial charge in [-0.25, -0.2) is 17.8 Å². The van der Waals surface area contributed by atoms with Crippen molar-refractivity contribution in [2.75, 3.05) is 7.05 Å². The highest BCUT2D eigenvalue weighted by molar-refractivity contribution is 7.89. The zero-order chi connectivity index (χ0) is 22.3. The lowest BCUT2D eigenvalue weighted by Crippen LogP contribution is -2.18. The maximum Gasteiger partial charge on any atom is 0.240 e. The third-order valence-electron chi connectivity index (χ3n) is 5.91. The lowest BCUT2D eigenvalue weighted by molar-refractivity contribution is 0.588. The lowest BCUT2D eigenvalue weighted by Gasteiger charge is -2.12. The Balaban J connectivity index is 1.63. The molecular weight excluding hydrogens is 420 g/mol. The molecule has 2 aromatic heterocycles. The maximum absolute atomic E-state index is 12.1. The summed E-state index contributed by atoms with van der Waals surface area (Å²) in [6.45, 7) is 2.10. The quantitative estimate of drug-likeness (QED) is 0.468. The zero-order valence-corrected chi connectivity index (χ0v) is 18.8. The molecule has 162 valence electrons. The summed E-state index contributed by atoms with van der Waals surface area (Å²) in [6.07, 6.45) is 5.91. The number of hydrogen-bond acceptors (Lipinski definition) is 4. The number of nitrogens with one attached hydrogen (secondary N) is 1. The van der Waals surface area contributed by atoms with Gasteiger partial charge < -0.3 is 0 Å². The first kappa shape index (κ1) is 20.6. The van der Waals surface area contributed by atoms with Crippen LogP contribution < -0.4 is 4.72 Å². The van der Waals surface area contributed by atoms with Gasteiger partial charge in [0.25, 0.3) is 0 Å². The zero-order valence-electron chi connectivity index (χ0n) is 18.0. The number of aromatic nitrogens is 3. The van der Waals surface area contributed by atoms with Crippen molar-refractivity contribution in [3.05, 3.63) is 84.3 Å². The number of nitrogens with zero attached hydrogens (tertiary/aromatic N) is 3. The summed E-state index contributed by atoms with van der Waals surface area (Å²) in [5.41, 5.74) is 7.40. The van der Waals surface area contributed by atoms with E-state index in [4.69, 9.17) is 5.10 Å². The van der Waals surface area contributed by atoms with E-state index in [9.17, 15) is 8.42 Å². The Labute approximate surface area is 188 Å². The fourth-order valence-electron chi connectivity index (χ4n) is 3.87. The van der Waals surface area contributed by atoms with Crippen molar-refractivity contribution in [3.63, 3.8) is 0 Å². The smallest absolute Gasteiger partial charge is 0.240 e. The first-order chi connectivity index (χ1) is 15.5. The molecule has 32 heavy (non-hydrogen) atoms. The highest BCUT2D eigenvalue weighted by Crippen LogP contribution is 2.42. The number of pyridine rings is 1. The third kappa shape index (κ3) is 3.85. The standard InChI is InChI=1S/C25H24N4O2S/c1-17-3-4-20(18-11-13-27-14-12-18)15-23(17)25-16-24(19-5-6-19)28-29(25)21-7-9-22(10-8-21)32(30,31)26-2/h3-4,7-16,19,26H,5-6H2,1-2H3. The van der Waals surface area contributed by atoms with Crippen LogP contribution in [0.5, 0.6) is 0 Å². The Morgan fingerprint density at radius 3 is 2.31 bits per heavy atom. The van der Waals surface area contributed by atoms with Crippen molar-refractivity contribution in [1.29, 1.82) is 0 Å². The largest absolute Gasteiger partial charge is 0.265 e. The second-order valence-corrected chi connectivity index (χ2v) is 9.99. The predicted molar refractivity (Wildman–Crippen MR) is 125 cm³/mol. The van der Waals surface area contributed by atoms with E-state index in [2.05, 4.69) is 40.9 Å². The number of aryl methyl sites for hydroxylation is 1. The van der Waals surface area contributed by atoms with Crippen LogP contribution in [0.2, 0.25) is 0 Å². The van der Waals surface area contributed by atoms with Crippen LogP contribution >= 0.6 is 0 Å². The van der Waals surface area contributed by atoms with Gasteiger partial charge in [-0.2, -0.15) is 5.10 Å². The van der Waals surface area contributed by atoms with Gasteiger partial charge in [0.05, 0.1) is 22.0 Å². The topological polar surface area (TPSA) is 76.9 Å². The molecule has 1 saturated carbocycles. The van der Waals surface area contributed by atoms with E-state index in [1.165, 1.54) is 7.05 Å². The number of sulfonamides is 1. The summed E-state index contributed by atoms with van der Waals surface area (Å²) in [5, 5.41) is 4.92. The molecule has 0 atom stereocenters. The summed E-state index contributed by atoms with van der Waals surface area (Å²) < 4.78 is 28.5. The van der Waals surface area contributed by atoms with Gasteiger partial charge in [-0.3, -0.25) is 4.98 Å². The molecule has 5 rings (SSSR count). The average molecular weight is 445 g/mol. The van der Waals surface area contributed by atoms with Gasteiger partial charge in [-0.15, -0.1) is 0 Å². The molecule has 0 unspecified atom stereocenters. The molecule has 7 heteroatoms. The van der Waals surface area contributed by atoms with Crippen LogP contribution in [0.25, 0.3) is 28.1 Å². The Kier molecular flexibility index (Phi) is 5.15. The van der Waals surface area contributed by atoms with Crippen LogP contribution in [-0.4, -0.2) is 30.2 Å². The fourth-order valence-corrected chi connectivity index (χ4v) is 4.60. The normalized spacial score (nSPS) is 13.9. The van der Waals surface area contributed by atoms with Gasteiger partial charge >= 0.3 is 0 Å². The van der Waals surface area contributed by atoms with Crippen LogP contribution in [0.4, 0.5) is 0 Å². The molecule has 0 bridgehead atoms. The molecule has 2 aromatic carbocycles. The highest BCUT2D eigenvalue weighted by atomic mass is 32.2. The second-order valence-electron chi connectivity index (χ2n) is 8.11. The molecule has 0 saturated heterocycles. The fraction of sp³-hybridized carbons (Fsp3) is 0.200. The molecule has 1 fully saturated rings. The van der Waals surface area contributed by atoms with Gasteiger partial charge in [-0.05, 0) is 92.0 Å². The van der Waals surface area contributed by atoms with Crippen LogP contribution in [0.15, 0.2) is 78.0 Å². The van der Waals surface area contributed by atoms with Crippen LogP contribution in [-0.2, 0) is 10.0 Å². The van der Waals surface area contributed by atoms with Gasteiger partial charge in [-0.1, -0.05) is 12.1 Å². The molecule has 1 aliphatic carbocycles. The summed E-state index contributed by atoms with van der Waals surface area (Å²) in [7, 11) is -2.07. The molecule has 0 amide bonds. The van der Waals surface area contributed by atoms with E-state index in [-0.39, 0.29) is 4.90 Å². The van der Waals surface area contributed by atoms with E-state index in [0.717, 1.165) is 52.2 Å². The number of hydrogen-bond donors (Lipinski definition) is 1. The maximum atomic E-state index is 12.1.